The van der Waals surface area contributed by atoms with Gasteiger partial charge in [-0.2, -0.15) is 0 Å². The number of thioether (sulfide) groups is 1. The molecule has 1 saturated carbocycles. The first-order chi connectivity index (χ1) is 13.0. The smallest absolute Gasteiger partial charge is 0.234 e. The quantitative estimate of drug-likeness (QED) is 0.714. The van der Waals surface area contributed by atoms with E-state index in [1.165, 1.54) is 30.2 Å². The summed E-state index contributed by atoms with van der Waals surface area (Å²) in [5.74, 6) is 1.22. The molecule has 1 aliphatic carbocycles. The van der Waals surface area contributed by atoms with Crippen molar-refractivity contribution in [3.8, 4) is 11.4 Å². The lowest BCUT2D eigenvalue weighted by Crippen LogP contribution is -2.41. The van der Waals surface area contributed by atoms with Gasteiger partial charge in [0.25, 0.3) is 0 Å². The summed E-state index contributed by atoms with van der Waals surface area (Å²) in [6, 6.07) is 8.56. The first-order valence-corrected chi connectivity index (χ1v) is 10.9. The maximum atomic E-state index is 12.9. The minimum atomic E-state index is -0.162. The van der Waals surface area contributed by atoms with Crippen LogP contribution in [0.15, 0.2) is 29.4 Å². The van der Waals surface area contributed by atoms with Gasteiger partial charge >= 0.3 is 0 Å². The summed E-state index contributed by atoms with van der Waals surface area (Å²) in [6.07, 6.45) is 4.64. The van der Waals surface area contributed by atoms with Gasteiger partial charge in [-0.15, -0.1) is 10.2 Å². The second-order valence-corrected chi connectivity index (χ2v) is 8.75. The summed E-state index contributed by atoms with van der Waals surface area (Å²) < 4.78 is 2.12. The molecule has 1 aromatic carbocycles. The van der Waals surface area contributed by atoms with Crippen molar-refractivity contribution < 1.29 is 4.79 Å². The van der Waals surface area contributed by atoms with Crippen molar-refractivity contribution in [1.29, 1.82) is 0 Å². The number of rotatable bonds is 7. The molecule has 5 nitrogen and oxygen atoms in total. The van der Waals surface area contributed by atoms with Gasteiger partial charge in [0.1, 0.15) is 0 Å². The van der Waals surface area contributed by atoms with Crippen molar-refractivity contribution in [3.63, 3.8) is 0 Å². The van der Waals surface area contributed by atoms with Gasteiger partial charge in [-0.3, -0.25) is 4.79 Å². The molecule has 0 saturated heterocycles. The Balaban J connectivity index is 1.82. The predicted octanol–water partition coefficient (Wildman–Crippen LogP) is 4.45. The zero-order chi connectivity index (χ0) is 19.4. The van der Waals surface area contributed by atoms with Gasteiger partial charge in [0.2, 0.25) is 5.91 Å². The van der Waals surface area contributed by atoms with Crippen molar-refractivity contribution in [3.05, 3.63) is 29.8 Å². The lowest BCUT2D eigenvalue weighted by Gasteiger charge is -2.22. The summed E-state index contributed by atoms with van der Waals surface area (Å²) in [4.78, 5) is 12.9. The fourth-order valence-corrected chi connectivity index (χ4v) is 4.75. The van der Waals surface area contributed by atoms with Crippen LogP contribution in [0.1, 0.15) is 52.0 Å². The molecule has 1 fully saturated rings. The van der Waals surface area contributed by atoms with E-state index < -0.39 is 0 Å². The molecule has 0 radical (unpaired) electrons. The fraction of sp³-hybridized carbons (Fsp3) is 0.571. The number of aryl methyl sites for hydroxylation is 1. The molecule has 1 heterocycles. The van der Waals surface area contributed by atoms with Crippen LogP contribution in [-0.4, -0.2) is 32.0 Å². The number of nitrogens with zero attached hydrogens (tertiary/aromatic N) is 3. The number of nitrogens with one attached hydrogen (secondary N) is 1. The Bertz CT molecular complexity index is 780. The molecule has 3 rings (SSSR count). The van der Waals surface area contributed by atoms with E-state index in [0.29, 0.717) is 6.04 Å². The Hall–Kier alpha value is -1.82. The highest BCUT2D eigenvalue weighted by molar-refractivity contribution is 8.00. The van der Waals surface area contributed by atoms with Gasteiger partial charge in [-0.1, -0.05) is 62.7 Å². The van der Waals surface area contributed by atoms with Crippen LogP contribution in [0.4, 0.5) is 0 Å². The topological polar surface area (TPSA) is 59.8 Å². The van der Waals surface area contributed by atoms with Crippen LogP contribution in [0.2, 0.25) is 0 Å². The molecule has 1 atom stereocenters. The number of amides is 1. The SMILES string of the molecule is CCn1c(SC(C(=O)NC2CCCC2)C(C)C)nnc1-c1ccccc1C. The largest absolute Gasteiger partial charge is 0.352 e. The third-order valence-corrected chi connectivity index (χ3v) is 6.74. The highest BCUT2D eigenvalue weighted by atomic mass is 32.2. The average Bonchev–Trinajstić information content (AvgIpc) is 3.29. The van der Waals surface area contributed by atoms with Crippen molar-refractivity contribution in [1.82, 2.24) is 20.1 Å². The highest BCUT2D eigenvalue weighted by Crippen LogP contribution is 2.31. The van der Waals surface area contributed by atoms with Crippen molar-refractivity contribution >= 4 is 17.7 Å². The zero-order valence-corrected chi connectivity index (χ0v) is 17.6. The lowest BCUT2D eigenvalue weighted by atomic mass is 10.1. The van der Waals surface area contributed by atoms with E-state index in [1.54, 1.807) is 0 Å². The summed E-state index contributed by atoms with van der Waals surface area (Å²) in [7, 11) is 0. The van der Waals surface area contributed by atoms with E-state index in [2.05, 4.69) is 59.9 Å². The molecule has 0 bridgehead atoms. The second-order valence-electron chi connectivity index (χ2n) is 7.64. The third-order valence-electron chi connectivity index (χ3n) is 5.22. The molecule has 6 heteroatoms. The maximum absolute atomic E-state index is 12.9. The van der Waals surface area contributed by atoms with Gasteiger partial charge in [0, 0.05) is 18.2 Å². The summed E-state index contributed by atoms with van der Waals surface area (Å²) in [5, 5.41) is 12.8. The minimum Gasteiger partial charge on any atom is -0.352 e. The fourth-order valence-electron chi connectivity index (χ4n) is 3.64. The molecule has 0 spiro atoms. The molecule has 27 heavy (non-hydrogen) atoms. The summed E-state index contributed by atoms with van der Waals surface area (Å²) in [5.41, 5.74) is 2.27. The molecule has 1 unspecified atom stereocenters. The molecule has 1 N–H and O–H groups in total. The van der Waals surface area contributed by atoms with Crippen LogP contribution in [-0.2, 0) is 11.3 Å². The van der Waals surface area contributed by atoms with Gasteiger partial charge in [0.15, 0.2) is 11.0 Å². The molecule has 1 amide bonds. The van der Waals surface area contributed by atoms with Gasteiger partial charge < -0.3 is 9.88 Å². The van der Waals surface area contributed by atoms with E-state index in [4.69, 9.17) is 0 Å². The van der Waals surface area contributed by atoms with Gasteiger partial charge in [-0.05, 0) is 38.2 Å². The third kappa shape index (κ3) is 4.54. The van der Waals surface area contributed by atoms with Crippen LogP contribution < -0.4 is 5.32 Å². The van der Waals surface area contributed by atoms with E-state index in [0.717, 1.165) is 35.9 Å². The Kier molecular flexibility index (Phi) is 6.58. The summed E-state index contributed by atoms with van der Waals surface area (Å²) in [6.45, 7) is 9.15. The number of carbonyl (C=O) groups is 1. The lowest BCUT2D eigenvalue weighted by molar-refractivity contribution is -0.121. The Morgan fingerprint density at radius 3 is 2.59 bits per heavy atom. The number of hydrogen-bond acceptors (Lipinski definition) is 4. The Labute approximate surface area is 166 Å². The van der Waals surface area contributed by atoms with E-state index in [9.17, 15) is 4.79 Å². The monoisotopic (exact) mass is 386 g/mol. The van der Waals surface area contributed by atoms with E-state index in [1.807, 2.05) is 12.1 Å². The van der Waals surface area contributed by atoms with Gasteiger partial charge in [0.05, 0.1) is 5.25 Å². The van der Waals surface area contributed by atoms with Crippen LogP contribution in [0.3, 0.4) is 0 Å². The Morgan fingerprint density at radius 1 is 1.26 bits per heavy atom. The van der Waals surface area contributed by atoms with Crippen LogP contribution in [0.25, 0.3) is 11.4 Å². The minimum absolute atomic E-state index is 0.130. The van der Waals surface area contributed by atoms with E-state index >= 15 is 0 Å². The molecule has 0 aliphatic heterocycles. The highest BCUT2D eigenvalue weighted by Gasteiger charge is 2.29. The first-order valence-electron chi connectivity index (χ1n) is 9.97. The number of hydrogen-bond donors (Lipinski definition) is 1. The van der Waals surface area contributed by atoms with Crippen LogP contribution in [0, 0.1) is 12.8 Å². The summed E-state index contributed by atoms with van der Waals surface area (Å²) >= 11 is 1.54. The number of benzene rings is 1. The van der Waals surface area contributed by atoms with E-state index in [-0.39, 0.29) is 17.1 Å². The molecule has 2 aromatic rings. The molecule has 1 aromatic heterocycles. The maximum Gasteiger partial charge on any atom is 0.234 e. The Morgan fingerprint density at radius 2 is 1.96 bits per heavy atom. The standard InChI is InChI=1S/C21H30N4OS/c1-5-25-19(17-13-9-6-10-15(17)4)23-24-21(25)27-18(14(2)3)20(26)22-16-11-7-8-12-16/h6,9-10,13-14,16,18H,5,7-8,11-12H2,1-4H3,(H,22,26). The van der Waals surface area contributed by atoms with Crippen molar-refractivity contribution in [2.75, 3.05) is 0 Å². The normalized spacial score (nSPS) is 16.0. The predicted molar refractivity (Wildman–Crippen MR) is 111 cm³/mol. The molecule has 146 valence electrons. The van der Waals surface area contributed by atoms with Crippen molar-refractivity contribution in [2.45, 2.75) is 76.4 Å². The first kappa shape index (κ1) is 19.9. The van der Waals surface area contributed by atoms with Crippen LogP contribution >= 0.6 is 11.8 Å². The second kappa shape index (κ2) is 8.91. The van der Waals surface area contributed by atoms with Crippen molar-refractivity contribution in [2.24, 2.45) is 5.92 Å². The average molecular weight is 387 g/mol. The number of carbonyl (C=O) groups excluding carboxylic acids is 1. The van der Waals surface area contributed by atoms with Gasteiger partial charge in [-0.25, -0.2) is 0 Å². The molecular formula is C21H30N4OS. The molecular weight excluding hydrogens is 356 g/mol. The van der Waals surface area contributed by atoms with Crippen LogP contribution in [0.5, 0.6) is 0 Å². The molecule has 1 aliphatic rings. The zero-order valence-electron chi connectivity index (χ0n) is 16.7. The number of aromatic nitrogens is 3.